The number of ether oxygens (including phenoxy) is 2. The summed E-state index contributed by atoms with van der Waals surface area (Å²) >= 11 is 2.46. The third-order valence-corrected chi connectivity index (χ3v) is 17.4. The molecule has 0 bridgehead atoms. The molecule has 2 N–H and O–H groups in total. The van der Waals surface area contributed by atoms with Crippen molar-refractivity contribution in [1.29, 1.82) is 0 Å². The molecule has 1 fully saturated rings. The molecule has 1 aromatic heterocycles. The number of anilines is 1. The summed E-state index contributed by atoms with van der Waals surface area (Å²) in [6, 6.07) is 48.6. The summed E-state index contributed by atoms with van der Waals surface area (Å²) in [6.07, 6.45) is 0.0409. The molecular formula is C51H47IN5O8PS2. The lowest BCUT2D eigenvalue weighted by Crippen LogP contribution is -3.00. The molecule has 2 atom stereocenters. The molecule has 5 aromatic carbocycles. The number of rotatable bonds is 17. The van der Waals surface area contributed by atoms with E-state index in [1.807, 2.05) is 115 Å². The van der Waals surface area contributed by atoms with Crippen molar-refractivity contribution >= 4 is 87.3 Å². The van der Waals surface area contributed by atoms with Gasteiger partial charge in [0.1, 0.15) is 51.6 Å². The zero-order valence-corrected chi connectivity index (χ0v) is 41.9. The van der Waals surface area contributed by atoms with Gasteiger partial charge in [0.15, 0.2) is 16.9 Å². The molecule has 8 rings (SSSR count). The Morgan fingerprint density at radius 1 is 0.824 bits per heavy atom. The highest BCUT2D eigenvalue weighted by Crippen LogP contribution is 2.58. The van der Waals surface area contributed by atoms with Crippen molar-refractivity contribution in [3.63, 3.8) is 0 Å². The number of oxime groups is 1. The topological polar surface area (TPSA) is 166 Å². The number of nitrogens with zero attached hydrogens (tertiary/aromatic N) is 3. The number of nitrogens with one attached hydrogen (secondary N) is 2. The van der Waals surface area contributed by atoms with E-state index >= 15 is 4.79 Å². The van der Waals surface area contributed by atoms with Gasteiger partial charge in [0.2, 0.25) is 13.0 Å². The van der Waals surface area contributed by atoms with E-state index in [4.69, 9.17) is 14.3 Å². The second-order valence-corrected chi connectivity index (χ2v) is 21.9. The molecule has 6 aromatic rings. The smallest absolute Gasteiger partial charge is 0.356 e. The minimum atomic E-state index is -2.59. The largest absolute Gasteiger partial charge is 1.00 e. The van der Waals surface area contributed by atoms with Crippen LogP contribution in [-0.4, -0.2) is 81.3 Å². The fourth-order valence-electron chi connectivity index (χ4n) is 8.03. The lowest BCUT2D eigenvalue weighted by atomic mass is 10.0. The lowest BCUT2D eigenvalue weighted by molar-refractivity contribution is -0.160. The van der Waals surface area contributed by atoms with E-state index in [0.29, 0.717) is 18.3 Å². The monoisotopic (exact) mass is 1080 g/mol. The van der Waals surface area contributed by atoms with E-state index in [1.165, 1.54) is 22.0 Å². The zero-order valence-electron chi connectivity index (χ0n) is 37.2. The van der Waals surface area contributed by atoms with Gasteiger partial charge in [-0.3, -0.25) is 19.3 Å². The van der Waals surface area contributed by atoms with Crippen molar-refractivity contribution in [2.75, 3.05) is 23.8 Å². The number of benzene rings is 5. The van der Waals surface area contributed by atoms with E-state index in [2.05, 4.69) is 57.2 Å². The molecule has 3 heterocycles. The van der Waals surface area contributed by atoms with Crippen LogP contribution in [0.15, 0.2) is 173 Å². The molecular weight excluding hydrogens is 1030 g/mol. The number of β-lactam (4-membered cyclic amide) rings is 1. The zero-order chi connectivity index (χ0) is 47.0. The molecule has 0 radical (unpaired) electrons. The summed E-state index contributed by atoms with van der Waals surface area (Å²) in [5.74, 6) is -2.44. The number of carbonyl (C=O) groups excluding carboxylic acids is 5. The molecule has 0 spiro atoms. The van der Waals surface area contributed by atoms with E-state index in [0.717, 1.165) is 44.0 Å². The van der Waals surface area contributed by atoms with Crippen molar-refractivity contribution in [2.24, 2.45) is 5.16 Å². The van der Waals surface area contributed by atoms with Gasteiger partial charge in [-0.15, -0.1) is 23.1 Å². The van der Waals surface area contributed by atoms with E-state index in [-0.39, 0.29) is 46.2 Å². The molecule has 3 amide bonds. The van der Waals surface area contributed by atoms with E-state index in [9.17, 15) is 19.2 Å². The molecule has 348 valence electrons. The maximum absolute atomic E-state index is 15.3. The van der Waals surface area contributed by atoms with Gasteiger partial charge < -0.3 is 48.9 Å². The number of carbonyl (C=O) groups is 5. The molecule has 2 aliphatic rings. The van der Waals surface area contributed by atoms with E-state index < -0.39 is 60.7 Å². The van der Waals surface area contributed by atoms with Crippen LogP contribution in [-0.2, 0) is 38.3 Å². The van der Waals surface area contributed by atoms with Crippen LogP contribution < -0.4 is 50.5 Å². The van der Waals surface area contributed by atoms with Gasteiger partial charge in [-0.2, -0.15) is 0 Å². The average molecular weight is 1080 g/mol. The third-order valence-electron chi connectivity index (χ3n) is 10.9. The van der Waals surface area contributed by atoms with Crippen LogP contribution in [0.1, 0.15) is 43.7 Å². The molecule has 1 saturated heterocycles. The van der Waals surface area contributed by atoms with Crippen LogP contribution in [0.4, 0.5) is 5.13 Å². The number of fused-ring (bicyclic) bond motifs is 1. The van der Waals surface area contributed by atoms with Gasteiger partial charge in [-0.1, -0.05) is 120 Å². The van der Waals surface area contributed by atoms with Crippen LogP contribution in [0.25, 0.3) is 0 Å². The quantitative estimate of drug-likeness (QED) is 0.0262. The van der Waals surface area contributed by atoms with Crippen LogP contribution in [0.2, 0.25) is 0 Å². The number of thioether (sulfide) groups is 1. The average Bonchev–Trinajstić information content (AvgIpc) is 3.81. The number of esters is 2. The summed E-state index contributed by atoms with van der Waals surface area (Å²) in [5, 5.41) is 13.4. The standard InChI is InChI=1S/C51H46N5O8PS2.HI/c1-51(2,3)64-41(58)29-62-55-42(40-32-67-50(53-40)52-33-57)46(59)54-43-47(60)56-44(49(61)63-45(34-19-9-4-10-20-34)35-21-11-5-12-22-35)36(31-66-48(43)56)30-65(37-23-13-6-14-24-37,38-25-15-7-16-26-38)39-27-17-8-18-28-39;/h4-28,32-33,43,45,48H,29-31H2,1-3H3,(H-,52,53,54,57,59);1H/t43?,48-;/m1./s1. The Morgan fingerprint density at radius 3 is 1.84 bits per heavy atom. The number of halogens is 1. The van der Waals surface area contributed by atoms with E-state index in [1.54, 1.807) is 20.8 Å². The van der Waals surface area contributed by atoms with Crippen molar-refractivity contribution in [2.45, 2.75) is 43.9 Å². The molecule has 68 heavy (non-hydrogen) atoms. The van der Waals surface area contributed by atoms with Crippen molar-refractivity contribution in [1.82, 2.24) is 15.2 Å². The maximum atomic E-state index is 15.3. The Kier molecular flexibility index (Phi) is 16.3. The predicted octanol–water partition coefficient (Wildman–Crippen LogP) is 3.76. The van der Waals surface area contributed by atoms with Gasteiger partial charge in [-0.25, -0.2) is 14.6 Å². The molecule has 17 heteroatoms. The van der Waals surface area contributed by atoms with Gasteiger partial charge in [-0.05, 0) is 68.3 Å². The minimum absolute atomic E-state index is 0. The molecule has 0 saturated carbocycles. The summed E-state index contributed by atoms with van der Waals surface area (Å²) in [4.78, 5) is 78.9. The highest BCUT2D eigenvalue weighted by molar-refractivity contribution is 8.00. The SMILES string of the molecule is CC(C)(C)OC(=O)CON=C(C(=O)NC1C(=O)N2C(C(=O)OC(c3ccccc3)c3ccccc3)=C(C[P+](c3ccccc3)(c3ccccc3)c3ccccc3)CS[C@H]12)c1csc(NC=O)n1.[I-]. The fraction of sp³-hybridized carbons (Fsp3) is 0.196. The number of aromatic nitrogens is 1. The van der Waals surface area contributed by atoms with Crippen molar-refractivity contribution < 1.29 is 62.3 Å². The van der Waals surface area contributed by atoms with Gasteiger partial charge in [0.05, 0.1) is 6.16 Å². The maximum Gasteiger partial charge on any atom is 0.356 e. The Bertz CT molecular complexity index is 2660. The highest BCUT2D eigenvalue weighted by atomic mass is 127. The summed E-state index contributed by atoms with van der Waals surface area (Å²) in [7, 11) is -2.59. The van der Waals surface area contributed by atoms with Crippen LogP contribution in [0, 0.1) is 0 Å². The van der Waals surface area contributed by atoms with Crippen molar-refractivity contribution in [3.8, 4) is 0 Å². The number of hydrogen-bond donors (Lipinski definition) is 2. The van der Waals surface area contributed by atoms with Crippen LogP contribution >= 0.6 is 30.4 Å². The summed E-state index contributed by atoms with van der Waals surface area (Å²) < 4.78 is 11.9. The van der Waals surface area contributed by atoms with Gasteiger partial charge >= 0.3 is 11.9 Å². The molecule has 13 nitrogen and oxygen atoms in total. The molecule has 0 aliphatic carbocycles. The third kappa shape index (κ3) is 11.0. The Labute approximate surface area is 420 Å². The summed E-state index contributed by atoms with van der Waals surface area (Å²) in [6.45, 7) is 4.49. The van der Waals surface area contributed by atoms with Crippen molar-refractivity contribution in [3.05, 3.63) is 185 Å². The van der Waals surface area contributed by atoms with Crippen LogP contribution in [0.3, 0.4) is 0 Å². The molecule has 1 unspecified atom stereocenters. The normalized spacial score (nSPS) is 15.9. The predicted molar refractivity (Wildman–Crippen MR) is 263 cm³/mol. The first kappa shape index (κ1) is 49.7. The first-order valence-electron chi connectivity index (χ1n) is 21.4. The first-order valence-corrected chi connectivity index (χ1v) is 25.3. The summed E-state index contributed by atoms with van der Waals surface area (Å²) in [5.41, 5.74) is 1.24. The van der Waals surface area contributed by atoms with Crippen LogP contribution in [0.5, 0.6) is 0 Å². The first-order chi connectivity index (χ1) is 32.5. The second-order valence-electron chi connectivity index (χ2n) is 16.5. The Hall–Kier alpha value is -6.20. The van der Waals surface area contributed by atoms with Gasteiger partial charge in [0, 0.05) is 16.7 Å². The number of amides is 3. The minimum Gasteiger partial charge on any atom is -1.00 e. The highest BCUT2D eigenvalue weighted by Gasteiger charge is 2.57. The fourth-order valence-corrected chi connectivity index (χ4v) is 14.5. The number of thiazole rings is 1. The Morgan fingerprint density at radius 2 is 1.34 bits per heavy atom. The second kappa shape index (κ2) is 22.3. The Balaban J connectivity index is 0.00000684. The molecule has 2 aliphatic heterocycles. The lowest BCUT2D eigenvalue weighted by Gasteiger charge is -2.50. The van der Waals surface area contributed by atoms with Gasteiger partial charge in [0.25, 0.3) is 11.8 Å². The number of hydrogen-bond acceptors (Lipinski definition) is 12.